The van der Waals surface area contributed by atoms with E-state index in [0.29, 0.717) is 0 Å². The van der Waals surface area contributed by atoms with Crippen LogP contribution in [-0.4, -0.2) is 16.6 Å². The number of carboxylic acids is 1. The maximum absolute atomic E-state index is 12.0. The molecule has 0 aromatic rings. The first-order valence-electron chi connectivity index (χ1n) is 2.72. The van der Waals surface area contributed by atoms with E-state index in [0.717, 1.165) is 0 Å². The van der Waals surface area contributed by atoms with E-state index in [1.807, 2.05) is 0 Å². The molecule has 0 heterocycles. The maximum atomic E-state index is 12.0. The minimum atomic E-state index is -1.54. The highest BCUT2D eigenvalue weighted by Gasteiger charge is 2.28. The number of carboxylic acid groups (broad SMARTS) is 1. The van der Waals surface area contributed by atoms with Gasteiger partial charge >= 0.3 is 5.97 Å². The minimum absolute atomic E-state index is 0.345. The number of rotatable bonds is 3. The third kappa shape index (κ3) is 2.59. The molecule has 0 aliphatic carbocycles. The summed E-state index contributed by atoms with van der Waals surface area (Å²) in [6.45, 7) is 4.15. The molecule has 0 spiro atoms. The van der Waals surface area contributed by atoms with Crippen molar-refractivity contribution in [1.82, 2.24) is 0 Å². The lowest BCUT2D eigenvalue weighted by Crippen LogP contribution is -2.44. The molecule has 0 fully saturated rings. The van der Waals surface area contributed by atoms with E-state index in [1.165, 1.54) is 6.92 Å². The van der Waals surface area contributed by atoms with Crippen LogP contribution < -0.4 is 5.73 Å². The first-order valence-corrected chi connectivity index (χ1v) is 2.72. The van der Waals surface area contributed by atoms with Crippen LogP contribution in [-0.2, 0) is 4.79 Å². The molecule has 10 heavy (non-hydrogen) atoms. The van der Waals surface area contributed by atoms with E-state index in [-0.39, 0.29) is 6.42 Å². The molecule has 0 saturated heterocycles. The monoisotopic (exact) mass is 147 g/mol. The Labute approximate surface area is 58.3 Å². The van der Waals surface area contributed by atoms with Gasteiger partial charge in [-0.15, -0.1) is 0 Å². The van der Waals surface area contributed by atoms with Crippen molar-refractivity contribution in [3.05, 3.63) is 12.4 Å². The van der Waals surface area contributed by atoms with Crippen LogP contribution in [0.25, 0.3) is 0 Å². The van der Waals surface area contributed by atoms with Gasteiger partial charge in [-0.2, -0.15) is 0 Å². The summed E-state index contributed by atoms with van der Waals surface area (Å²) in [7, 11) is 0. The molecule has 4 heteroatoms. The molecular weight excluding hydrogens is 137 g/mol. The zero-order valence-corrected chi connectivity index (χ0v) is 5.72. The van der Waals surface area contributed by atoms with Crippen molar-refractivity contribution in [3.63, 3.8) is 0 Å². The zero-order chi connectivity index (χ0) is 8.36. The van der Waals surface area contributed by atoms with Crippen LogP contribution in [0.5, 0.6) is 0 Å². The molecular formula is C6H10FNO2. The molecule has 3 N–H and O–H groups in total. The van der Waals surface area contributed by atoms with Gasteiger partial charge < -0.3 is 10.8 Å². The number of nitrogens with two attached hydrogens (primary N) is 1. The molecule has 0 aromatic heterocycles. The fourth-order valence-corrected chi connectivity index (χ4v) is 0.474. The number of hydrogen-bond acceptors (Lipinski definition) is 2. The van der Waals surface area contributed by atoms with Crippen LogP contribution >= 0.6 is 0 Å². The Morgan fingerprint density at radius 1 is 1.90 bits per heavy atom. The molecule has 0 unspecified atom stereocenters. The third-order valence-corrected chi connectivity index (χ3v) is 1.05. The summed E-state index contributed by atoms with van der Waals surface area (Å²) in [6, 6.07) is 0. The van der Waals surface area contributed by atoms with Gasteiger partial charge in [0.15, 0.2) is 0 Å². The fourth-order valence-electron chi connectivity index (χ4n) is 0.474. The van der Waals surface area contributed by atoms with Gasteiger partial charge in [-0.25, -0.2) is 4.39 Å². The van der Waals surface area contributed by atoms with Crippen LogP contribution in [0.15, 0.2) is 12.4 Å². The molecule has 0 saturated carbocycles. The maximum Gasteiger partial charge on any atom is 0.323 e. The topological polar surface area (TPSA) is 63.3 Å². The molecule has 3 nitrogen and oxygen atoms in total. The summed E-state index contributed by atoms with van der Waals surface area (Å²) in [6.07, 6.45) is -0.345. The lowest BCUT2D eigenvalue weighted by molar-refractivity contribution is -0.142. The second-order valence-corrected chi connectivity index (χ2v) is 2.42. The van der Waals surface area contributed by atoms with Crippen molar-refractivity contribution in [2.75, 3.05) is 0 Å². The third-order valence-electron chi connectivity index (χ3n) is 1.05. The molecule has 0 aliphatic rings. The van der Waals surface area contributed by atoms with Gasteiger partial charge in [0.25, 0.3) is 0 Å². The van der Waals surface area contributed by atoms with Gasteiger partial charge in [0.05, 0.1) is 5.83 Å². The Kier molecular flexibility index (Phi) is 2.54. The average molecular weight is 147 g/mol. The Morgan fingerprint density at radius 2 is 2.30 bits per heavy atom. The van der Waals surface area contributed by atoms with E-state index in [2.05, 4.69) is 6.58 Å². The molecule has 0 aromatic carbocycles. The van der Waals surface area contributed by atoms with Gasteiger partial charge in [-0.3, -0.25) is 4.79 Å². The zero-order valence-electron chi connectivity index (χ0n) is 5.72. The first-order chi connectivity index (χ1) is 4.36. The van der Waals surface area contributed by atoms with Crippen LogP contribution in [0.1, 0.15) is 13.3 Å². The SMILES string of the molecule is C=C(F)C[C@@](C)(N)C(=O)O. The largest absolute Gasteiger partial charge is 0.480 e. The number of carbonyl (C=O) groups is 1. The highest BCUT2D eigenvalue weighted by Crippen LogP contribution is 2.12. The average Bonchev–Trinajstić information content (AvgIpc) is 1.60. The molecule has 0 rings (SSSR count). The molecule has 1 atom stereocenters. The Balaban J connectivity index is 4.13. The van der Waals surface area contributed by atoms with E-state index < -0.39 is 17.3 Å². The molecule has 0 radical (unpaired) electrons. The standard InChI is InChI=1S/C6H10FNO2/c1-4(7)3-6(2,8)5(9)10/h1,3,8H2,2H3,(H,9,10)/t6-/m1/s1. The van der Waals surface area contributed by atoms with Crippen LogP contribution in [0.4, 0.5) is 4.39 Å². The van der Waals surface area contributed by atoms with Crippen molar-refractivity contribution in [1.29, 1.82) is 0 Å². The highest BCUT2D eigenvalue weighted by molar-refractivity contribution is 5.78. The summed E-state index contributed by atoms with van der Waals surface area (Å²) in [5.41, 5.74) is 3.62. The second kappa shape index (κ2) is 2.79. The van der Waals surface area contributed by atoms with Gasteiger partial charge in [-0.05, 0) is 6.92 Å². The molecule has 0 amide bonds. The molecule has 0 aliphatic heterocycles. The lowest BCUT2D eigenvalue weighted by Gasteiger charge is -2.16. The smallest absolute Gasteiger partial charge is 0.323 e. The summed E-state index contributed by atoms with van der Waals surface area (Å²) in [5, 5.41) is 8.36. The Morgan fingerprint density at radius 3 is 2.40 bits per heavy atom. The highest BCUT2D eigenvalue weighted by atomic mass is 19.1. The van der Waals surface area contributed by atoms with E-state index in [4.69, 9.17) is 10.8 Å². The Hall–Kier alpha value is -0.900. The van der Waals surface area contributed by atoms with E-state index in [1.54, 1.807) is 0 Å². The van der Waals surface area contributed by atoms with Crippen LogP contribution in [0.2, 0.25) is 0 Å². The van der Waals surface area contributed by atoms with Crippen LogP contribution in [0, 0.1) is 0 Å². The van der Waals surface area contributed by atoms with Crippen molar-refractivity contribution in [3.8, 4) is 0 Å². The molecule has 58 valence electrons. The van der Waals surface area contributed by atoms with Gasteiger partial charge in [-0.1, -0.05) is 6.58 Å². The van der Waals surface area contributed by atoms with Crippen LogP contribution in [0.3, 0.4) is 0 Å². The van der Waals surface area contributed by atoms with Crippen molar-refractivity contribution in [2.45, 2.75) is 18.9 Å². The summed E-state index contributed by atoms with van der Waals surface area (Å²) >= 11 is 0. The predicted molar refractivity (Wildman–Crippen MR) is 35.1 cm³/mol. The number of hydrogen-bond donors (Lipinski definition) is 2. The summed E-state index contributed by atoms with van der Waals surface area (Å²) in [4.78, 5) is 10.2. The van der Waals surface area contributed by atoms with Gasteiger partial charge in [0, 0.05) is 6.42 Å². The number of halogens is 1. The van der Waals surface area contributed by atoms with Crippen molar-refractivity contribution < 1.29 is 14.3 Å². The summed E-state index contributed by atoms with van der Waals surface area (Å²) < 4.78 is 12.0. The second-order valence-electron chi connectivity index (χ2n) is 2.42. The van der Waals surface area contributed by atoms with Gasteiger partial charge in [0.1, 0.15) is 5.54 Å². The number of aliphatic carboxylic acids is 1. The fraction of sp³-hybridized carbons (Fsp3) is 0.500. The van der Waals surface area contributed by atoms with Crippen molar-refractivity contribution >= 4 is 5.97 Å². The summed E-state index contributed by atoms with van der Waals surface area (Å²) in [5.74, 6) is -1.95. The first kappa shape index (κ1) is 9.10. The minimum Gasteiger partial charge on any atom is -0.480 e. The Bertz CT molecular complexity index is 165. The normalized spacial score (nSPS) is 15.9. The van der Waals surface area contributed by atoms with E-state index in [9.17, 15) is 9.18 Å². The van der Waals surface area contributed by atoms with Crippen molar-refractivity contribution in [2.24, 2.45) is 5.73 Å². The molecule has 0 bridgehead atoms. The van der Waals surface area contributed by atoms with E-state index >= 15 is 0 Å². The van der Waals surface area contributed by atoms with Gasteiger partial charge in [0.2, 0.25) is 0 Å². The lowest BCUT2D eigenvalue weighted by atomic mass is 9.99. The quantitative estimate of drug-likeness (QED) is 0.616. The predicted octanol–water partition coefficient (Wildman–Crippen LogP) is 0.662.